The first-order valence-corrected chi connectivity index (χ1v) is 6.50. The van der Waals surface area contributed by atoms with E-state index in [1.165, 1.54) is 0 Å². The van der Waals surface area contributed by atoms with E-state index in [-0.39, 0.29) is 18.6 Å². The molecule has 0 fully saturated rings. The maximum Gasteiger partial charge on any atom is 0.319 e. The van der Waals surface area contributed by atoms with Gasteiger partial charge in [0.15, 0.2) is 0 Å². The van der Waals surface area contributed by atoms with Crippen molar-refractivity contribution >= 4 is 16.9 Å². The van der Waals surface area contributed by atoms with E-state index in [2.05, 4.69) is 5.32 Å². The molecule has 0 aliphatic carbocycles. The van der Waals surface area contributed by atoms with Crippen molar-refractivity contribution in [1.29, 1.82) is 0 Å². The third kappa shape index (κ3) is 2.96. The number of nitrogens with one attached hydrogen (secondary N) is 1. The molecule has 2 rings (SSSR count). The lowest BCUT2D eigenvalue weighted by Gasteiger charge is -2.11. The summed E-state index contributed by atoms with van der Waals surface area (Å²) in [4.78, 5) is 11.3. The summed E-state index contributed by atoms with van der Waals surface area (Å²) in [5.41, 5.74) is 1.99. The number of para-hydroxylation sites is 1. The van der Waals surface area contributed by atoms with Gasteiger partial charge in [0.1, 0.15) is 11.3 Å². The Hall–Kier alpha value is -1.81. The predicted octanol–water partition coefficient (Wildman–Crippen LogP) is 2.95. The van der Waals surface area contributed by atoms with Crippen molar-refractivity contribution in [2.45, 2.75) is 26.8 Å². The Labute approximate surface area is 112 Å². The van der Waals surface area contributed by atoms with E-state index in [1.807, 2.05) is 38.1 Å². The molecule has 19 heavy (non-hydrogen) atoms. The molecule has 4 nitrogen and oxygen atoms in total. The molecule has 0 aliphatic rings. The fourth-order valence-electron chi connectivity index (χ4n) is 2.15. The Bertz CT molecular complexity index is 574. The molecule has 1 aromatic heterocycles. The van der Waals surface area contributed by atoms with Crippen LogP contribution in [-0.4, -0.2) is 19.1 Å². The van der Waals surface area contributed by atoms with Gasteiger partial charge in [-0.1, -0.05) is 18.2 Å². The van der Waals surface area contributed by atoms with Gasteiger partial charge in [0, 0.05) is 5.39 Å². The largest absolute Gasteiger partial charge is 0.465 e. The van der Waals surface area contributed by atoms with Crippen LogP contribution in [0.1, 0.15) is 31.2 Å². The van der Waals surface area contributed by atoms with E-state index in [1.54, 1.807) is 6.92 Å². The Morgan fingerprint density at radius 1 is 1.42 bits per heavy atom. The summed E-state index contributed by atoms with van der Waals surface area (Å²) in [7, 11) is 0. The summed E-state index contributed by atoms with van der Waals surface area (Å²) in [5, 5.41) is 4.23. The molecular weight excluding hydrogens is 242 g/mol. The van der Waals surface area contributed by atoms with Gasteiger partial charge < -0.3 is 9.15 Å². The van der Waals surface area contributed by atoms with Gasteiger partial charge in [-0.15, -0.1) is 0 Å². The number of carbonyl (C=O) groups is 1. The molecule has 1 N–H and O–H groups in total. The predicted molar refractivity (Wildman–Crippen MR) is 74.0 cm³/mol. The molecule has 0 saturated heterocycles. The zero-order valence-electron chi connectivity index (χ0n) is 11.5. The van der Waals surface area contributed by atoms with Crippen LogP contribution in [0, 0.1) is 6.92 Å². The molecule has 0 radical (unpaired) electrons. The average molecular weight is 261 g/mol. The fraction of sp³-hybridized carbons (Fsp3) is 0.400. The van der Waals surface area contributed by atoms with Crippen LogP contribution in [0.25, 0.3) is 11.0 Å². The number of hydrogen-bond acceptors (Lipinski definition) is 4. The Morgan fingerprint density at radius 2 is 2.16 bits per heavy atom. The van der Waals surface area contributed by atoms with Crippen molar-refractivity contribution in [2.24, 2.45) is 0 Å². The van der Waals surface area contributed by atoms with Crippen LogP contribution in [0.15, 0.2) is 28.7 Å². The second-order valence-corrected chi connectivity index (χ2v) is 4.50. The molecule has 1 heterocycles. The molecule has 0 spiro atoms. The van der Waals surface area contributed by atoms with Crippen LogP contribution in [-0.2, 0) is 9.53 Å². The van der Waals surface area contributed by atoms with E-state index in [4.69, 9.17) is 9.15 Å². The first-order valence-electron chi connectivity index (χ1n) is 6.50. The number of esters is 1. The molecule has 1 aromatic carbocycles. The smallest absolute Gasteiger partial charge is 0.319 e. The minimum Gasteiger partial charge on any atom is -0.465 e. The number of ether oxygens (including phenoxy) is 1. The third-order valence-corrected chi connectivity index (χ3v) is 3.13. The van der Waals surface area contributed by atoms with Crippen molar-refractivity contribution in [2.75, 3.05) is 13.2 Å². The van der Waals surface area contributed by atoms with Gasteiger partial charge in [-0.2, -0.15) is 0 Å². The highest BCUT2D eigenvalue weighted by Gasteiger charge is 2.16. The van der Waals surface area contributed by atoms with E-state index < -0.39 is 0 Å². The maximum absolute atomic E-state index is 11.3. The van der Waals surface area contributed by atoms with Crippen LogP contribution >= 0.6 is 0 Å². The van der Waals surface area contributed by atoms with Gasteiger partial charge in [0.25, 0.3) is 0 Å². The van der Waals surface area contributed by atoms with Gasteiger partial charge in [-0.25, -0.2) is 0 Å². The molecule has 102 valence electrons. The maximum atomic E-state index is 11.3. The fourth-order valence-corrected chi connectivity index (χ4v) is 2.15. The molecule has 0 bridgehead atoms. The van der Waals surface area contributed by atoms with Gasteiger partial charge in [0.05, 0.1) is 19.2 Å². The lowest BCUT2D eigenvalue weighted by atomic mass is 10.1. The number of furan rings is 1. The van der Waals surface area contributed by atoms with Gasteiger partial charge >= 0.3 is 5.97 Å². The summed E-state index contributed by atoms with van der Waals surface area (Å²) in [6.45, 7) is 6.39. The first-order chi connectivity index (χ1) is 9.13. The van der Waals surface area contributed by atoms with E-state index in [0.29, 0.717) is 6.61 Å². The molecule has 4 heteroatoms. The Kier molecular flexibility index (Phi) is 4.22. The standard InChI is InChI=1S/C15H19NO3/c1-4-18-14(17)9-16-11(3)15-10(2)12-7-5-6-8-13(12)19-15/h5-8,11,16H,4,9H2,1-3H3. The quantitative estimate of drug-likeness (QED) is 0.841. The summed E-state index contributed by atoms with van der Waals surface area (Å²) in [6.07, 6.45) is 0. The molecule has 0 aliphatic heterocycles. The van der Waals surface area contributed by atoms with Crippen LogP contribution in [0.5, 0.6) is 0 Å². The van der Waals surface area contributed by atoms with Crippen molar-refractivity contribution < 1.29 is 13.9 Å². The number of aryl methyl sites for hydroxylation is 1. The molecular formula is C15H19NO3. The second kappa shape index (κ2) is 5.89. The topological polar surface area (TPSA) is 51.5 Å². The molecule has 1 atom stereocenters. The second-order valence-electron chi connectivity index (χ2n) is 4.50. The summed E-state index contributed by atoms with van der Waals surface area (Å²) >= 11 is 0. The summed E-state index contributed by atoms with van der Waals surface area (Å²) in [6, 6.07) is 7.90. The van der Waals surface area contributed by atoms with E-state index in [0.717, 1.165) is 22.3 Å². The van der Waals surface area contributed by atoms with Crippen molar-refractivity contribution in [3.63, 3.8) is 0 Å². The van der Waals surface area contributed by atoms with Crippen LogP contribution < -0.4 is 5.32 Å². The lowest BCUT2D eigenvalue weighted by Crippen LogP contribution is -2.27. The van der Waals surface area contributed by atoms with Crippen LogP contribution in [0.4, 0.5) is 0 Å². The number of hydrogen-bond donors (Lipinski definition) is 1. The highest BCUT2D eigenvalue weighted by atomic mass is 16.5. The first kappa shape index (κ1) is 13.6. The zero-order valence-corrected chi connectivity index (χ0v) is 11.5. The molecule has 2 aromatic rings. The highest BCUT2D eigenvalue weighted by Crippen LogP contribution is 2.28. The highest BCUT2D eigenvalue weighted by molar-refractivity contribution is 5.82. The van der Waals surface area contributed by atoms with Crippen LogP contribution in [0.2, 0.25) is 0 Å². The number of rotatable bonds is 5. The molecule has 0 amide bonds. The van der Waals surface area contributed by atoms with Gasteiger partial charge in [-0.05, 0) is 32.4 Å². The number of carbonyl (C=O) groups excluding carboxylic acids is 1. The number of benzene rings is 1. The molecule has 1 unspecified atom stereocenters. The zero-order chi connectivity index (χ0) is 13.8. The lowest BCUT2D eigenvalue weighted by molar-refractivity contribution is -0.142. The summed E-state index contributed by atoms with van der Waals surface area (Å²) in [5.74, 6) is 0.619. The van der Waals surface area contributed by atoms with Gasteiger partial charge in [0.2, 0.25) is 0 Å². The molecule has 0 saturated carbocycles. The Morgan fingerprint density at radius 3 is 2.84 bits per heavy atom. The minimum absolute atomic E-state index is 0.0307. The third-order valence-electron chi connectivity index (χ3n) is 3.13. The van der Waals surface area contributed by atoms with E-state index in [9.17, 15) is 4.79 Å². The monoisotopic (exact) mass is 261 g/mol. The van der Waals surface area contributed by atoms with Crippen molar-refractivity contribution in [3.8, 4) is 0 Å². The summed E-state index contributed by atoms with van der Waals surface area (Å²) < 4.78 is 10.7. The van der Waals surface area contributed by atoms with Crippen LogP contribution in [0.3, 0.4) is 0 Å². The van der Waals surface area contributed by atoms with E-state index >= 15 is 0 Å². The van der Waals surface area contributed by atoms with Crippen molar-refractivity contribution in [1.82, 2.24) is 5.32 Å². The SMILES string of the molecule is CCOC(=O)CNC(C)c1oc2ccccc2c1C. The number of fused-ring (bicyclic) bond motifs is 1. The normalized spacial score (nSPS) is 12.6. The van der Waals surface area contributed by atoms with Crippen molar-refractivity contribution in [3.05, 3.63) is 35.6 Å². The average Bonchev–Trinajstić information content (AvgIpc) is 2.74. The minimum atomic E-state index is -0.247. The Balaban J connectivity index is 2.11. The van der Waals surface area contributed by atoms with Gasteiger partial charge in [-0.3, -0.25) is 10.1 Å².